The maximum atomic E-state index is 14.2. The van der Waals surface area contributed by atoms with E-state index in [9.17, 15) is 9.59 Å². The van der Waals surface area contributed by atoms with E-state index in [0.717, 1.165) is 28.5 Å². The van der Waals surface area contributed by atoms with E-state index in [-0.39, 0.29) is 6.42 Å². The fourth-order valence-corrected chi connectivity index (χ4v) is 4.79. The summed E-state index contributed by atoms with van der Waals surface area (Å²) >= 11 is 0. The lowest BCUT2D eigenvalue weighted by Gasteiger charge is -2.39. The molecule has 0 N–H and O–H groups in total. The van der Waals surface area contributed by atoms with Crippen molar-refractivity contribution in [3.05, 3.63) is 144 Å². The van der Waals surface area contributed by atoms with Crippen LogP contribution in [-0.4, -0.2) is 29.6 Å². The normalized spacial score (nSPS) is 12.3. The lowest BCUT2D eigenvalue weighted by molar-refractivity contribution is -0.158. The maximum absolute atomic E-state index is 14.2. The summed E-state index contributed by atoms with van der Waals surface area (Å²) in [7, 11) is 0. The number of aliphatic imine (C=N–C) groups is 1. The van der Waals surface area contributed by atoms with Gasteiger partial charge >= 0.3 is 5.97 Å². The number of hydrogen-bond acceptors (Lipinski definition) is 4. The fraction of sp³-hybridized carbons (Fsp3) is 0.206. The zero-order valence-electron chi connectivity index (χ0n) is 22.1. The van der Waals surface area contributed by atoms with Crippen LogP contribution in [0.1, 0.15) is 49.4 Å². The lowest BCUT2D eigenvalue weighted by Crippen LogP contribution is -2.48. The molecule has 0 saturated heterocycles. The summed E-state index contributed by atoms with van der Waals surface area (Å²) in [4.78, 5) is 31.8. The van der Waals surface area contributed by atoms with Gasteiger partial charge in [-0.15, -0.1) is 0 Å². The average Bonchev–Trinajstić information content (AvgIpc) is 2.93. The third-order valence-electron chi connectivity index (χ3n) is 6.43. The van der Waals surface area contributed by atoms with Gasteiger partial charge in [0.2, 0.25) is 0 Å². The fourth-order valence-electron chi connectivity index (χ4n) is 4.79. The van der Waals surface area contributed by atoms with Gasteiger partial charge in [-0.05, 0) is 31.9 Å². The van der Waals surface area contributed by atoms with Gasteiger partial charge in [-0.3, -0.25) is 4.99 Å². The van der Waals surface area contributed by atoms with Crippen LogP contribution in [0.15, 0.2) is 126 Å². The Hall–Kier alpha value is -4.31. The average molecular weight is 504 g/mol. The molecular formula is C34H33NO3. The molecule has 0 unspecified atom stereocenters. The molecule has 0 aliphatic carbocycles. The highest BCUT2D eigenvalue weighted by molar-refractivity contribution is 6.13. The Morgan fingerprint density at radius 2 is 1.11 bits per heavy atom. The van der Waals surface area contributed by atoms with Gasteiger partial charge in [0, 0.05) is 17.5 Å². The molecule has 4 aromatic carbocycles. The van der Waals surface area contributed by atoms with Crippen molar-refractivity contribution in [1.82, 2.24) is 0 Å². The summed E-state index contributed by atoms with van der Waals surface area (Å²) in [5.74, 6) is -0.489. The Morgan fingerprint density at radius 3 is 1.47 bits per heavy atom. The third kappa shape index (κ3) is 5.97. The van der Waals surface area contributed by atoms with E-state index >= 15 is 0 Å². The minimum Gasteiger partial charge on any atom is -0.458 e. The smallest absolute Gasteiger partial charge is 0.332 e. The van der Waals surface area contributed by atoms with Crippen molar-refractivity contribution < 1.29 is 14.3 Å². The molecule has 0 amide bonds. The van der Waals surface area contributed by atoms with Crippen LogP contribution >= 0.6 is 0 Å². The highest BCUT2D eigenvalue weighted by atomic mass is 16.6. The van der Waals surface area contributed by atoms with Crippen molar-refractivity contribution in [2.45, 2.75) is 44.2 Å². The molecule has 4 aromatic rings. The van der Waals surface area contributed by atoms with E-state index < -0.39 is 23.0 Å². The molecule has 4 nitrogen and oxygen atoms in total. The zero-order chi connectivity index (χ0) is 27.0. The molecule has 0 spiro atoms. The first-order valence-corrected chi connectivity index (χ1v) is 12.8. The molecule has 0 bridgehead atoms. The second-order valence-corrected chi connectivity index (χ2v) is 10.2. The minimum atomic E-state index is -1.10. The van der Waals surface area contributed by atoms with Crippen LogP contribution in [0.4, 0.5) is 0 Å². The Kier molecular flexibility index (Phi) is 8.32. The Balaban J connectivity index is 2.08. The van der Waals surface area contributed by atoms with E-state index in [1.165, 1.54) is 0 Å². The van der Waals surface area contributed by atoms with E-state index in [1.54, 1.807) is 0 Å². The monoisotopic (exact) mass is 503 g/mol. The zero-order valence-corrected chi connectivity index (χ0v) is 22.1. The highest BCUT2D eigenvalue weighted by Crippen LogP contribution is 2.41. The van der Waals surface area contributed by atoms with Crippen LogP contribution in [0.5, 0.6) is 0 Å². The topological polar surface area (TPSA) is 55.7 Å². The second-order valence-electron chi connectivity index (χ2n) is 10.2. The standard InChI is InChI=1S/C34H33NO3/c1-33(2,3)38-32(37)31(35-30(26-16-8-4-9-17-26)27-18-10-5-11-19-27)34(24-25-36,28-20-12-6-13-21-28)29-22-14-7-15-23-29/h4-23,25,31H,24H2,1-3H3/t31-/m0/s1. The number of benzene rings is 4. The van der Waals surface area contributed by atoms with Gasteiger partial charge < -0.3 is 9.53 Å². The van der Waals surface area contributed by atoms with Gasteiger partial charge in [-0.25, -0.2) is 4.79 Å². The highest BCUT2D eigenvalue weighted by Gasteiger charge is 2.48. The van der Waals surface area contributed by atoms with Crippen molar-refractivity contribution in [2.24, 2.45) is 4.99 Å². The molecule has 0 aliphatic rings. The lowest BCUT2D eigenvalue weighted by atomic mass is 9.67. The van der Waals surface area contributed by atoms with Crippen molar-refractivity contribution in [2.75, 3.05) is 0 Å². The maximum Gasteiger partial charge on any atom is 0.332 e. The van der Waals surface area contributed by atoms with E-state index in [1.807, 2.05) is 142 Å². The molecule has 1 atom stereocenters. The molecule has 0 aromatic heterocycles. The van der Waals surface area contributed by atoms with Crippen molar-refractivity contribution in [1.29, 1.82) is 0 Å². The minimum absolute atomic E-state index is 0.0469. The number of carbonyl (C=O) groups is 2. The van der Waals surface area contributed by atoms with E-state index in [0.29, 0.717) is 5.71 Å². The molecule has 0 radical (unpaired) electrons. The van der Waals surface area contributed by atoms with Crippen molar-refractivity contribution in [3.63, 3.8) is 0 Å². The molecule has 0 aliphatic heterocycles. The molecular weight excluding hydrogens is 470 g/mol. The number of ether oxygens (including phenoxy) is 1. The van der Waals surface area contributed by atoms with Gasteiger partial charge in [-0.2, -0.15) is 0 Å². The molecule has 4 heteroatoms. The summed E-state index contributed by atoms with van der Waals surface area (Å²) in [5.41, 5.74) is 2.19. The first-order chi connectivity index (χ1) is 18.3. The largest absolute Gasteiger partial charge is 0.458 e. The molecule has 4 rings (SSSR count). The summed E-state index contributed by atoms with van der Waals surface area (Å²) in [6, 6.07) is 37.9. The summed E-state index contributed by atoms with van der Waals surface area (Å²) < 4.78 is 6.01. The number of hydrogen-bond donors (Lipinski definition) is 0. The number of nitrogens with zero attached hydrogens (tertiary/aromatic N) is 1. The van der Waals surface area contributed by atoms with Gasteiger partial charge in [0.25, 0.3) is 0 Å². The first-order valence-electron chi connectivity index (χ1n) is 12.8. The Labute approximate surface area is 225 Å². The number of esters is 1. The number of carbonyl (C=O) groups excluding carboxylic acids is 2. The van der Waals surface area contributed by atoms with E-state index in [2.05, 4.69) is 0 Å². The molecule has 0 fully saturated rings. The van der Waals surface area contributed by atoms with Crippen molar-refractivity contribution >= 4 is 18.0 Å². The van der Waals surface area contributed by atoms with Gasteiger partial charge in [0.1, 0.15) is 11.9 Å². The van der Waals surface area contributed by atoms with Crippen molar-refractivity contribution in [3.8, 4) is 0 Å². The molecule has 192 valence electrons. The Bertz CT molecular complexity index is 1280. The quantitative estimate of drug-likeness (QED) is 0.143. The van der Waals surface area contributed by atoms with Gasteiger partial charge in [0.15, 0.2) is 6.04 Å². The van der Waals surface area contributed by atoms with Crippen LogP contribution in [0, 0.1) is 0 Å². The number of rotatable bonds is 9. The van der Waals surface area contributed by atoms with E-state index in [4.69, 9.17) is 9.73 Å². The summed E-state index contributed by atoms with van der Waals surface area (Å²) in [6.07, 6.45) is 0.920. The van der Waals surface area contributed by atoms with Crippen LogP contribution in [0.3, 0.4) is 0 Å². The first kappa shape index (κ1) is 26.7. The predicted octanol–water partition coefficient (Wildman–Crippen LogP) is 6.81. The van der Waals surface area contributed by atoms with Crippen LogP contribution in [0.25, 0.3) is 0 Å². The van der Waals surface area contributed by atoms with Crippen LogP contribution in [0.2, 0.25) is 0 Å². The number of aldehydes is 1. The van der Waals surface area contributed by atoms with Gasteiger partial charge in [-0.1, -0.05) is 121 Å². The Morgan fingerprint density at radius 1 is 0.711 bits per heavy atom. The summed E-state index contributed by atoms with van der Waals surface area (Å²) in [5, 5.41) is 0. The van der Waals surface area contributed by atoms with Crippen LogP contribution < -0.4 is 0 Å². The second kappa shape index (κ2) is 11.8. The SMILES string of the molecule is CC(C)(C)OC(=O)[C@H](N=C(c1ccccc1)c1ccccc1)C(CC=O)(c1ccccc1)c1ccccc1. The third-order valence-corrected chi connectivity index (χ3v) is 6.43. The molecule has 0 heterocycles. The van der Waals surface area contributed by atoms with Crippen LogP contribution in [-0.2, 0) is 19.7 Å². The molecule has 38 heavy (non-hydrogen) atoms. The predicted molar refractivity (Wildman–Crippen MR) is 153 cm³/mol. The van der Waals surface area contributed by atoms with Gasteiger partial charge in [0.05, 0.1) is 11.1 Å². The molecule has 0 saturated carbocycles. The summed E-state index contributed by atoms with van der Waals surface area (Å²) in [6.45, 7) is 5.52.